The summed E-state index contributed by atoms with van der Waals surface area (Å²) in [5, 5.41) is 0.958. The number of benzene rings is 2. The van der Waals surface area contributed by atoms with Gasteiger partial charge in [-0.05, 0) is 24.3 Å². The van der Waals surface area contributed by atoms with Crippen molar-refractivity contribution in [3.63, 3.8) is 0 Å². The van der Waals surface area contributed by atoms with E-state index in [9.17, 15) is 0 Å². The third-order valence-corrected chi connectivity index (χ3v) is 4.93. The van der Waals surface area contributed by atoms with E-state index in [4.69, 9.17) is 0 Å². The minimum absolute atomic E-state index is 0.958. The van der Waals surface area contributed by atoms with Crippen LogP contribution in [0, 0.1) is 0 Å². The van der Waals surface area contributed by atoms with E-state index >= 15 is 0 Å². The van der Waals surface area contributed by atoms with Gasteiger partial charge < -0.3 is 0 Å². The smallest absolute Gasteiger partial charge is 0.116 e. The van der Waals surface area contributed by atoms with E-state index in [-0.39, 0.29) is 0 Å². The van der Waals surface area contributed by atoms with Crippen LogP contribution in [0.25, 0.3) is 16.5 Å². The molecule has 0 spiro atoms. The maximum atomic E-state index is 4.35. The summed E-state index contributed by atoms with van der Waals surface area (Å²) < 4.78 is 0. The van der Waals surface area contributed by atoms with Gasteiger partial charge in [0.2, 0.25) is 0 Å². The average Bonchev–Trinajstić information content (AvgIpc) is 2.98. The van der Waals surface area contributed by atoms with Crippen molar-refractivity contribution in [2.24, 2.45) is 0 Å². The van der Waals surface area contributed by atoms with E-state index in [0.717, 1.165) is 5.01 Å². The standard InChI is InChI=1S/C17H13NS2/c1-2-17-18-12-16(20-17)14-10-6-7-11-15(14)19-13-8-4-3-5-9-13/h2-12H,1H2. The molecule has 0 N–H and O–H groups in total. The van der Waals surface area contributed by atoms with Crippen LogP contribution in [0.15, 0.2) is 77.2 Å². The van der Waals surface area contributed by atoms with Crippen molar-refractivity contribution < 1.29 is 0 Å². The second-order valence-corrected chi connectivity index (χ2v) is 6.36. The molecular weight excluding hydrogens is 282 g/mol. The minimum Gasteiger partial charge on any atom is -0.245 e. The Kier molecular flexibility index (Phi) is 4.00. The second kappa shape index (κ2) is 6.07. The summed E-state index contributed by atoms with van der Waals surface area (Å²) in [4.78, 5) is 8.02. The van der Waals surface area contributed by atoms with Gasteiger partial charge in [-0.1, -0.05) is 54.7 Å². The summed E-state index contributed by atoms with van der Waals surface area (Å²) in [6.45, 7) is 3.77. The largest absolute Gasteiger partial charge is 0.245 e. The summed E-state index contributed by atoms with van der Waals surface area (Å²) in [7, 11) is 0. The molecule has 1 aromatic heterocycles. The maximum absolute atomic E-state index is 4.35. The molecule has 0 saturated carbocycles. The van der Waals surface area contributed by atoms with E-state index in [1.165, 1.54) is 20.2 Å². The van der Waals surface area contributed by atoms with E-state index < -0.39 is 0 Å². The van der Waals surface area contributed by atoms with Gasteiger partial charge in [-0.3, -0.25) is 0 Å². The predicted octanol–water partition coefficient (Wildman–Crippen LogP) is 5.60. The average molecular weight is 295 g/mol. The molecule has 0 unspecified atom stereocenters. The van der Waals surface area contributed by atoms with Crippen LogP contribution in [0.5, 0.6) is 0 Å². The Morgan fingerprint density at radius 2 is 1.75 bits per heavy atom. The first-order valence-corrected chi connectivity index (χ1v) is 7.90. The van der Waals surface area contributed by atoms with Gasteiger partial charge in [-0.25, -0.2) is 4.98 Å². The minimum atomic E-state index is 0.958. The second-order valence-electron chi connectivity index (χ2n) is 4.18. The number of thiazole rings is 1. The molecule has 3 heteroatoms. The third-order valence-electron chi connectivity index (χ3n) is 2.82. The van der Waals surface area contributed by atoms with Gasteiger partial charge in [0.15, 0.2) is 0 Å². The van der Waals surface area contributed by atoms with E-state index in [0.29, 0.717) is 0 Å². The molecule has 0 fully saturated rings. The van der Waals surface area contributed by atoms with Crippen LogP contribution in [0.3, 0.4) is 0 Å². The van der Waals surface area contributed by atoms with Crippen LogP contribution < -0.4 is 0 Å². The fraction of sp³-hybridized carbons (Fsp3) is 0. The number of rotatable bonds is 4. The summed E-state index contributed by atoms with van der Waals surface area (Å²) in [6.07, 6.45) is 3.72. The number of hydrogen-bond acceptors (Lipinski definition) is 3. The zero-order valence-corrected chi connectivity index (χ0v) is 12.5. The molecular formula is C17H13NS2. The lowest BCUT2D eigenvalue weighted by Crippen LogP contribution is -1.79. The first-order valence-electron chi connectivity index (χ1n) is 6.27. The van der Waals surface area contributed by atoms with E-state index in [1.807, 2.05) is 12.3 Å². The Labute approximate surface area is 127 Å². The highest BCUT2D eigenvalue weighted by Gasteiger charge is 2.08. The zero-order valence-electron chi connectivity index (χ0n) is 10.8. The van der Waals surface area contributed by atoms with Crippen LogP contribution >= 0.6 is 23.1 Å². The normalized spacial score (nSPS) is 10.4. The Morgan fingerprint density at radius 3 is 2.50 bits per heavy atom. The number of hydrogen-bond donors (Lipinski definition) is 0. The molecule has 1 heterocycles. The molecule has 0 aliphatic rings. The molecule has 0 atom stereocenters. The van der Waals surface area contributed by atoms with Crippen LogP contribution in [-0.2, 0) is 0 Å². The van der Waals surface area contributed by atoms with Crippen molar-refractivity contribution in [1.82, 2.24) is 4.98 Å². The third kappa shape index (κ3) is 2.84. The highest BCUT2D eigenvalue weighted by Crippen LogP contribution is 2.37. The predicted molar refractivity (Wildman–Crippen MR) is 88.2 cm³/mol. The Hall–Kier alpha value is -1.84. The highest BCUT2D eigenvalue weighted by molar-refractivity contribution is 7.99. The van der Waals surface area contributed by atoms with Gasteiger partial charge in [0.05, 0.1) is 4.88 Å². The van der Waals surface area contributed by atoms with E-state index in [2.05, 4.69) is 60.1 Å². The first-order chi connectivity index (χ1) is 9.86. The molecule has 0 saturated heterocycles. The monoisotopic (exact) mass is 295 g/mol. The molecule has 0 aliphatic carbocycles. The van der Waals surface area contributed by atoms with Crippen molar-refractivity contribution in [3.05, 3.63) is 72.4 Å². The first kappa shape index (κ1) is 13.2. The van der Waals surface area contributed by atoms with Crippen LogP contribution in [0.2, 0.25) is 0 Å². The summed E-state index contributed by atoms with van der Waals surface area (Å²) in [6, 6.07) is 18.9. The SMILES string of the molecule is C=Cc1ncc(-c2ccccc2Sc2ccccc2)s1. The molecule has 2 aromatic carbocycles. The van der Waals surface area contributed by atoms with Gasteiger partial charge in [0.25, 0.3) is 0 Å². The van der Waals surface area contributed by atoms with Gasteiger partial charge in [-0.15, -0.1) is 11.3 Å². The Balaban J connectivity index is 1.98. The molecule has 1 nitrogen and oxygen atoms in total. The lowest BCUT2D eigenvalue weighted by atomic mass is 10.2. The molecule has 98 valence electrons. The van der Waals surface area contributed by atoms with Crippen molar-refractivity contribution in [1.29, 1.82) is 0 Å². The zero-order chi connectivity index (χ0) is 13.8. The number of aromatic nitrogens is 1. The molecule has 3 aromatic rings. The molecule has 20 heavy (non-hydrogen) atoms. The summed E-state index contributed by atoms with van der Waals surface area (Å²) in [5.74, 6) is 0. The van der Waals surface area contributed by atoms with E-state index in [1.54, 1.807) is 29.2 Å². The topological polar surface area (TPSA) is 12.9 Å². The lowest BCUT2D eigenvalue weighted by molar-refractivity contribution is 1.37. The van der Waals surface area contributed by atoms with Gasteiger partial charge in [-0.2, -0.15) is 0 Å². The summed E-state index contributed by atoms with van der Waals surface area (Å²) in [5.41, 5.74) is 1.23. The molecule has 3 rings (SSSR count). The molecule has 0 amide bonds. The van der Waals surface area contributed by atoms with Crippen LogP contribution in [0.1, 0.15) is 5.01 Å². The maximum Gasteiger partial charge on any atom is 0.116 e. The quantitative estimate of drug-likeness (QED) is 0.621. The summed E-state index contributed by atoms with van der Waals surface area (Å²) >= 11 is 3.45. The highest BCUT2D eigenvalue weighted by atomic mass is 32.2. The molecule has 0 radical (unpaired) electrons. The fourth-order valence-corrected chi connectivity index (χ4v) is 3.73. The lowest BCUT2D eigenvalue weighted by Gasteiger charge is -2.06. The van der Waals surface area contributed by atoms with Gasteiger partial charge in [0.1, 0.15) is 5.01 Å². The Bertz CT molecular complexity index is 717. The van der Waals surface area contributed by atoms with Crippen molar-refractivity contribution in [3.8, 4) is 10.4 Å². The van der Waals surface area contributed by atoms with Crippen molar-refractivity contribution >= 4 is 29.2 Å². The van der Waals surface area contributed by atoms with Crippen LogP contribution in [0.4, 0.5) is 0 Å². The fourth-order valence-electron chi connectivity index (χ4n) is 1.88. The Morgan fingerprint density at radius 1 is 1.00 bits per heavy atom. The molecule has 0 aliphatic heterocycles. The van der Waals surface area contributed by atoms with Gasteiger partial charge >= 0.3 is 0 Å². The molecule has 0 bridgehead atoms. The van der Waals surface area contributed by atoms with Crippen LogP contribution in [-0.4, -0.2) is 4.98 Å². The van der Waals surface area contributed by atoms with Gasteiger partial charge in [0, 0.05) is 21.6 Å². The van der Waals surface area contributed by atoms with Crippen molar-refractivity contribution in [2.75, 3.05) is 0 Å². The number of nitrogens with zero attached hydrogens (tertiary/aromatic N) is 1. The van der Waals surface area contributed by atoms with Crippen molar-refractivity contribution in [2.45, 2.75) is 9.79 Å².